The van der Waals surface area contributed by atoms with Crippen molar-refractivity contribution in [2.45, 2.75) is 12.8 Å². The molecule has 0 unspecified atom stereocenters. The SMILES string of the molecule is COc1ccc(CCCO)c2cccnc12. The second-order valence-electron chi connectivity index (χ2n) is 3.65. The normalized spacial score (nSPS) is 10.6. The first-order valence-electron chi connectivity index (χ1n) is 5.38. The minimum Gasteiger partial charge on any atom is -0.494 e. The molecule has 1 heterocycles. The smallest absolute Gasteiger partial charge is 0.145 e. The molecule has 3 nitrogen and oxygen atoms in total. The molecule has 2 aromatic rings. The van der Waals surface area contributed by atoms with Crippen molar-refractivity contribution in [1.82, 2.24) is 4.98 Å². The van der Waals surface area contributed by atoms with Crippen molar-refractivity contribution in [2.24, 2.45) is 0 Å². The molecule has 1 aromatic carbocycles. The number of hydrogen-bond donors (Lipinski definition) is 1. The van der Waals surface area contributed by atoms with Gasteiger partial charge in [0, 0.05) is 18.2 Å². The minimum atomic E-state index is 0.216. The maximum Gasteiger partial charge on any atom is 0.145 e. The fourth-order valence-corrected chi connectivity index (χ4v) is 1.86. The van der Waals surface area contributed by atoms with E-state index in [1.54, 1.807) is 13.3 Å². The van der Waals surface area contributed by atoms with Crippen LogP contribution in [0.15, 0.2) is 30.5 Å². The van der Waals surface area contributed by atoms with Crippen molar-refractivity contribution >= 4 is 10.9 Å². The maximum absolute atomic E-state index is 8.86. The van der Waals surface area contributed by atoms with Gasteiger partial charge in [0.2, 0.25) is 0 Å². The number of pyridine rings is 1. The number of nitrogens with zero attached hydrogens (tertiary/aromatic N) is 1. The summed E-state index contributed by atoms with van der Waals surface area (Å²) in [4.78, 5) is 4.33. The molecular weight excluding hydrogens is 202 g/mol. The third-order valence-electron chi connectivity index (χ3n) is 2.65. The molecule has 0 radical (unpaired) electrons. The summed E-state index contributed by atoms with van der Waals surface area (Å²) in [6.45, 7) is 0.216. The van der Waals surface area contributed by atoms with Gasteiger partial charge in [-0.3, -0.25) is 4.98 Å². The molecule has 0 aliphatic carbocycles. The third kappa shape index (κ3) is 1.99. The Labute approximate surface area is 94.7 Å². The largest absolute Gasteiger partial charge is 0.494 e. The van der Waals surface area contributed by atoms with E-state index >= 15 is 0 Å². The van der Waals surface area contributed by atoms with Gasteiger partial charge in [-0.05, 0) is 30.5 Å². The van der Waals surface area contributed by atoms with Gasteiger partial charge in [-0.2, -0.15) is 0 Å². The lowest BCUT2D eigenvalue weighted by Gasteiger charge is -2.08. The predicted octanol–water partition coefficient (Wildman–Crippen LogP) is 2.17. The summed E-state index contributed by atoms with van der Waals surface area (Å²) in [5.41, 5.74) is 2.10. The molecule has 3 heteroatoms. The predicted molar refractivity (Wildman–Crippen MR) is 63.7 cm³/mol. The van der Waals surface area contributed by atoms with Crippen molar-refractivity contribution < 1.29 is 9.84 Å². The van der Waals surface area contributed by atoms with Gasteiger partial charge in [0.05, 0.1) is 7.11 Å². The summed E-state index contributed by atoms with van der Waals surface area (Å²) in [6, 6.07) is 7.93. The van der Waals surface area contributed by atoms with E-state index in [1.807, 2.05) is 24.3 Å². The Balaban J connectivity index is 2.51. The second kappa shape index (κ2) is 4.94. The highest BCUT2D eigenvalue weighted by Crippen LogP contribution is 2.26. The second-order valence-corrected chi connectivity index (χ2v) is 3.65. The summed E-state index contributed by atoms with van der Waals surface area (Å²) >= 11 is 0. The van der Waals surface area contributed by atoms with Crippen LogP contribution in [0.25, 0.3) is 10.9 Å². The quantitative estimate of drug-likeness (QED) is 0.853. The first-order valence-corrected chi connectivity index (χ1v) is 5.38. The van der Waals surface area contributed by atoms with E-state index in [-0.39, 0.29) is 6.61 Å². The number of aliphatic hydroxyl groups excluding tert-OH is 1. The van der Waals surface area contributed by atoms with E-state index in [0.717, 1.165) is 29.5 Å². The molecule has 16 heavy (non-hydrogen) atoms. The van der Waals surface area contributed by atoms with Crippen LogP contribution in [0, 0.1) is 0 Å². The lowest BCUT2D eigenvalue weighted by molar-refractivity contribution is 0.289. The Hall–Kier alpha value is -1.61. The number of aromatic nitrogens is 1. The van der Waals surface area contributed by atoms with Gasteiger partial charge in [-0.25, -0.2) is 0 Å². The first-order chi connectivity index (χ1) is 7.86. The van der Waals surface area contributed by atoms with Crippen molar-refractivity contribution in [3.05, 3.63) is 36.0 Å². The number of aryl methyl sites for hydroxylation is 1. The summed E-state index contributed by atoms with van der Waals surface area (Å²) in [5.74, 6) is 0.795. The van der Waals surface area contributed by atoms with Gasteiger partial charge in [0.1, 0.15) is 11.3 Å². The van der Waals surface area contributed by atoms with Crippen LogP contribution in [-0.4, -0.2) is 23.8 Å². The van der Waals surface area contributed by atoms with E-state index in [9.17, 15) is 0 Å². The number of rotatable bonds is 4. The van der Waals surface area contributed by atoms with Crippen molar-refractivity contribution in [3.8, 4) is 5.75 Å². The van der Waals surface area contributed by atoms with Gasteiger partial charge in [-0.1, -0.05) is 12.1 Å². The lowest BCUT2D eigenvalue weighted by Crippen LogP contribution is -1.94. The highest BCUT2D eigenvalue weighted by molar-refractivity contribution is 5.87. The maximum atomic E-state index is 8.86. The van der Waals surface area contributed by atoms with E-state index in [1.165, 1.54) is 5.56 Å². The van der Waals surface area contributed by atoms with Crippen molar-refractivity contribution in [3.63, 3.8) is 0 Å². The molecule has 0 amide bonds. The topological polar surface area (TPSA) is 42.4 Å². The van der Waals surface area contributed by atoms with E-state index < -0.39 is 0 Å². The first kappa shape index (κ1) is 10.9. The van der Waals surface area contributed by atoms with E-state index in [4.69, 9.17) is 9.84 Å². The Morgan fingerprint density at radius 2 is 2.19 bits per heavy atom. The fourth-order valence-electron chi connectivity index (χ4n) is 1.86. The average Bonchev–Trinajstić information content (AvgIpc) is 2.36. The van der Waals surface area contributed by atoms with E-state index in [2.05, 4.69) is 4.98 Å². The Bertz CT molecular complexity index is 482. The molecule has 0 saturated heterocycles. The molecular formula is C13H15NO2. The van der Waals surface area contributed by atoms with E-state index in [0.29, 0.717) is 0 Å². The molecule has 0 atom stereocenters. The highest BCUT2D eigenvalue weighted by atomic mass is 16.5. The highest BCUT2D eigenvalue weighted by Gasteiger charge is 2.06. The van der Waals surface area contributed by atoms with Crippen molar-refractivity contribution in [1.29, 1.82) is 0 Å². The summed E-state index contributed by atoms with van der Waals surface area (Å²) in [7, 11) is 1.65. The number of hydrogen-bond acceptors (Lipinski definition) is 3. The monoisotopic (exact) mass is 217 g/mol. The van der Waals surface area contributed by atoms with Crippen LogP contribution >= 0.6 is 0 Å². The zero-order valence-electron chi connectivity index (χ0n) is 9.31. The van der Waals surface area contributed by atoms with Crippen LogP contribution in [-0.2, 0) is 6.42 Å². The Kier molecular flexibility index (Phi) is 3.37. The molecule has 0 bridgehead atoms. The zero-order valence-corrected chi connectivity index (χ0v) is 9.31. The molecule has 1 N–H and O–H groups in total. The van der Waals surface area contributed by atoms with Crippen LogP contribution in [0.5, 0.6) is 5.75 Å². The number of fused-ring (bicyclic) bond motifs is 1. The molecule has 0 aliphatic heterocycles. The third-order valence-corrected chi connectivity index (χ3v) is 2.65. The number of methoxy groups -OCH3 is 1. The molecule has 2 rings (SSSR count). The number of benzene rings is 1. The van der Waals surface area contributed by atoms with Crippen LogP contribution in [0.3, 0.4) is 0 Å². The minimum absolute atomic E-state index is 0.216. The molecule has 0 saturated carbocycles. The average molecular weight is 217 g/mol. The fraction of sp³-hybridized carbons (Fsp3) is 0.308. The molecule has 0 spiro atoms. The van der Waals surface area contributed by atoms with Crippen LogP contribution in [0.1, 0.15) is 12.0 Å². The Morgan fingerprint density at radius 3 is 2.94 bits per heavy atom. The summed E-state index contributed by atoms with van der Waals surface area (Å²) in [6.07, 6.45) is 3.40. The number of ether oxygens (including phenoxy) is 1. The molecule has 1 aromatic heterocycles. The summed E-state index contributed by atoms with van der Waals surface area (Å²) < 4.78 is 5.28. The molecule has 0 aliphatic rings. The molecule has 0 fully saturated rings. The lowest BCUT2D eigenvalue weighted by atomic mass is 10.0. The van der Waals surface area contributed by atoms with Gasteiger partial charge >= 0.3 is 0 Å². The van der Waals surface area contributed by atoms with Crippen LogP contribution in [0.2, 0.25) is 0 Å². The van der Waals surface area contributed by atoms with Gasteiger partial charge < -0.3 is 9.84 Å². The van der Waals surface area contributed by atoms with Crippen LogP contribution in [0.4, 0.5) is 0 Å². The number of aliphatic hydroxyl groups is 1. The van der Waals surface area contributed by atoms with Gasteiger partial charge in [0.15, 0.2) is 0 Å². The molecule has 84 valence electrons. The standard InChI is InChI=1S/C13H15NO2/c1-16-12-7-6-10(4-3-9-15)11-5-2-8-14-13(11)12/h2,5-8,15H,3-4,9H2,1H3. The zero-order chi connectivity index (χ0) is 11.4. The van der Waals surface area contributed by atoms with Gasteiger partial charge in [0.25, 0.3) is 0 Å². The van der Waals surface area contributed by atoms with Crippen molar-refractivity contribution in [2.75, 3.05) is 13.7 Å². The Morgan fingerprint density at radius 1 is 1.31 bits per heavy atom. The summed E-state index contributed by atoms with van der Waals surface area (Å²) in [5, 5.41) is 9.97. The van der Waals surface area contributed by atoms with Crippen LogP contribution < -0.4 is 4.74 Å². The van der Waals surface area contributed by atoms with Gasteiger partial charge in [-0.15, -0.1) is 0 Å².